The molecule has 0 saturated carbocycles. The number of hydrogen-bond acceptors (Lipinski definition) is 3. The Hall–Kier alpha value is -1.06. The second-order valence-corrected chi connectivity index (χ2v) is 6.58. The summed E-state index contributed by atoms with van der Waals surface area (Å²) in [4.78, 5) is 2.64. The quantitative estimate of drug-likeness (QED) is 0.901. The second kappa shape index (κ2) is 5.38. The van der Waals surface area contributed by atoms with Crippen LogP contribution in [-0.2, 0) is 6.42 Å². The number of nitrogens with zero attached hydrogens (tertiary/aromatic N) is 1. The highest BCUT2D eigenvalue weighted by Gasteiger charge is 2.37. The number of ether oxygens (including phenoxy) is 1. The zero-order valence-electron chi connectivity index (χ0n) is 12.8. The van der Waals surface area contributed by atoms with Gasteiger partial charge in [0.25, 0.3) is 0 Å². The molecule has 2 N–H and O–H groups in total. The highest BCUT2D eigenvalue weighted by Crippen LogP contribution is 2.37. The summed E-state index contributed by atoms with van der Waals surface area (Å²) in [5.74, 6) is 1.71. The molecule has 0 spiro atoms. The van der Waals surface area contributed by atoms with Crippen molar-refractivity contribution in [2.24, 2.45) is 11.7 Å². The Morgan fingerprint density at radius 2 is 2.10 bits per heavy atom. The monoisotopic (exact) mass is 274 g/mol. The average molecular weight is 274 g/mol. The summed E-state index contributed by atoms with van der Waals surface area (Å²) < 4.78 is 5.36. The molecule has 2 aliphatic rings. The van der Waals surface area contributed by atoms with Crippen LogP contribution in [0.25, 0.3) is 0 Å². The molecule has 4 atom stereocenters. The van der Waals surface area contributed by atoms with Gasteiger partial charge in [-0.1, -0.05) is 13.0 Å². The molecule has 3 nitrogen and oxygen atoms in total. The van der Waals surface area contributed by atoms with Gasteiger partial charge in [0.05, 0.1) is 7.11 Å². The van der Waals surface area contributed by atoms with Gasteiger partial charge in [0.15, 0.2) is 0 Å². The van der Waals surface area contributed by atoms with Crippen molar-refractivity contribution >= 4 is 0 Å². The molecule has 1 aromatic carbocycles. The first-order valence-electron chi connectivity index (χ1n) is 7.78. The molecule has 20 heavy (non-hydrogen) atoms. The smallest absolute Gasteiger partial charge is 0.119 e. The summed E-state index contributed by atoms with van der Waals surface area (Å²) in [6.45, 7) is 5.89. The van der Waals surface area contributed by atoms with Crippen LogP contribution >= 0.6 is 0 Å². The van der Waals surface area contributed by atoms with E-state index >= 15 is 0 Å². The Balaban J connectivity index is 1.86. The van der Waals surface area contributed by atoms with Crippen molar-refractivity contribution in [2.75, 3.05) is 13.7 Å². The minimum absolute atomic E-state index is 0.113. The minimum atomic E-state index is 0.113. The van der Waals surface area contributed by atoms with E-state index in [1.54, 1.807) is 7.11 Å². The lowest BCUT2D eigenvalue weighted by atomic mass is 9.83. The van der Waals surface area contributed by atoms with Gasteiger partial charge in [0, 0.05) is 24.7 Å². The number of fused-ring (bicyclic) bond motifs is 1. The standard InChI is InChI=1S/C17H26N2O/c1-11-8-12(2)19(10-11)16-7-5-13-4-6-14(20-3)9-15(13)17(16)18/h4,6,9,11-12,16-17H,5,7-8,10,18H2,1-3H3. The van der Waals surface area contributed by atoms with Crippen molar-refractivity contribution in [1.82, 2.24) is 4.90 Å². The molecule has 3 heteroatoms. The normalized spacial score (nSPS) is 34.0. The van der Waals surface area contributed by atoms with Gasteiger partial charge in [-0.25, -0.2) is 0 Å². The number of hydrogen-bond donors (Lipinski definition) is 1. The Kier molecular flexibility index (Phi) is 3.74. The molecule has 1 aliphatic carbocycles. The lowest BCUT2D eigenvalue weighted by Crippen LogP contribution is -2.47. The van der Waals surface area contributed by atoms with E-state index < -0.39 is 0 Å². The van der Waals surface area contributed by atoms with Crippen molar-refractivity contribution in [2.45, 2.75) is 51.2 Å². The van der Waals surface area contributed by atoms with Crippen LogP contribution in [0.3, 0.4) is 0 Å². The van der Waals surface area contributed by atoms with Gasteiger partial charge < -0.3 is 10.5 Å². The first-order valence-corrected chi connectivity index (χ1v) is 7.78. The van der Waals surface area contributed by atoms with Gasteiger partial charge in [-0.3, -0.25) is 4.90 Å². The van der Waals surface area contributed by atoms with Gasteiger partial charge in [-0.05, 0) is 55.4 Å². The molecule has 4 unspecified atom stereocenters. The fourth-order valence-corrected chi connectivity index (χ4v) is 4.09. The van der Waals surface area contributed by atoms with E-state index in [0.29, 0.717) is 12.1 Å². The molecule has 0 bridgehead atoms. The van der Waals surface area contributed by atoms with Crippen LogP contribution in [0.5, 0.6) is 5.75 Å². The maximum absolute atomic E-state index is 6.60. The maximum Gasteiger partial charge on any atom is 0.119 e. The summed E-state index contributed by atoms with van der Waals surface area (Å²) >= 11 is 0. The fraction of sp³-hybridized carbons (Fsp3) is 0.647. The van der Waals surface area contributed by atoms with Crippen molar-refractivity contribution in [3.05, 3.63) is 29.3 Å². The van der Waals surface area contributed by atoms with Gasteiger partial charge >= 0.3 is 0 Å². The van der Waals surface area contributed by atoms with E-state index in [0.717, 1.165) is 18.1 Å². The Bertz CT molecular complexity index is 488. The summed E-state index contributed by atoms with van der Waals surface area (Å²) in [5, 5.41) is 0. The van der Waals surface area contributed by atoms with Crippen LogP contribution < -0.4 is 10.5 Å². The molecule has 3 rings (SSSR count). The molecule has 1 aromatic rings. The molecule has 110 valence electrons. The number of rotatable bonds is 2. The third-order valence-electron chi connectivity index (χ3n) is 5.09. The third kappa shape index (κ3) is 2.33. The fourth-order valence-electron chi connectivity index (χ4n) is 4.09. The molecular weight excluding hydrogens is 248 g/mol. The van der Waals surface area contributed by atoms with Crippen LogP contribution in [0.4, 0.5) is 0 Å². The van der Waals surface area contributed by atoms with Gasteiger partial charge in [0.1, 0.15) is 5.75 Å². The lowest BCUT2D eigenvalue weighted by Gasteiger charge is -2.39. The van der Waals surface area contributed by atoms with E-state index in [2.05, 4.69) is 30.9 Å². The van der Waals surface area contributed by atoms with Crippen LogP contribution in [0.2, 0.25) is 0 Å². The number of nitrogens with two attached hydrogens (primary N) is 1. The maximum atomic E-state index is 6.60. The zero-order valence-corrected chi connectivity index (χ0v) is 12.8. The van der Waals surface area contributed by atoms with Crippen molar-refractivity contribution in [3.63, 3.8) is 0 Å². The first kappa shape index (κ1) is 13.9. The first-order chi connectivity index (χ1) is 9.60. The Morgan fingerprint density at radius 3 is 2.75 bits per heavy atom. The summed E-state index contributed by atoms with van der Waals surface area (Å²) in [6.07, 6.45) is 3.61. The van der Waals surface area contributed by atoms with E-state index in [1.807, 2.05) is 6.07 Å². The molecule has 0 radical (unpaired) electrons. The zero-order chi connectivity index (χ0) is 14.3. The highest BCUT2D eigenvalue weighted by molar-refractivity contribution is 5.40. The van der Waals surface area contributed by atoms with Crippen LogP contribution in [-0.4, -0.2) is 30.6 Å². The van der Waals surface area contributed by atoms with E-state index in [1.165, 1.54) is 30.5 Å². The number of aryl methyl sites for hydroxylation is 1. The highest BCUT2D eigenvalue weighted by atomic mass is 16.5. The lowest BCUT2D eigenvalue weighted by molar-refractivity contribution is 0.146. The average Bonchev–Trinajstić information content (AvgIpc) is 2.78. The molecule has 0 amide bonds. The van der Waals surface area contributed by atoms with Crippen molar-refractivity contribution in [1.29, 1.82) is 0 Å². The number of likely N-dealkylation sites (tertiary alicyclic amines) is 1. The van der Waals surface area contributed by atoms with E-state index in [9.17, 15) is 0 Å². The summed E-state index contributed by atoms with van der Waals surface area (Å²) in [7, 11) is 1.72. The summed E-state index contributed by atoms with van der Waals surface area (Å²) in [6, 6.07) is 7.62. The minimum Gasteiger partial charge on any atom is -0.497 e. The summed E-state index contributed by atoms with van der Waals surface area (Å²) in [5.41, 5.74) is 9.29. The van der Waals surface area contributed by atoms with Crippen LogP contribution in [0.15, 0.2) is 18.2 Å². The topological polar surface area (TPSA) is 38.5 Å². The number of methoxy groups -OCH3 is 1. The van der Waals surface area contributed by atoms with Gasteiger partial charge in [-0.15, -0.1) is 0 Å². The third-order valence-corrected chi connectivity index (χ3v) is 5.09. The molecule has 0 aromatic heterocycles. The van der Waals surface area contributed by atoms with E-state index in [4.69, 9.17) is 10.5 Å². The molecule has 1 aliphatic heterocycles. The Morgan fingerprint density at radius 1 is 1.30 bits per heavy atom. The van der Waals surface area contributed by atoms with Crippen LogP contribution in [0, 0.1) is 5.92 Å². The molecular formula is C17H26N2O. The molecule has 1 heterocycles. The predicted molar refractivity (Wildman–Crippen MR) is 82.0 cm³/mol. The predicted octanol–water partition coefficient (Wildman–Crippen LogP) is 2.74. The second-order valence-electron chi connectivity index (χ2n) is 6.58. The Labute approximate surface area is 122 Å². The van der Waals surface area contributed by atoms with Gasteiger partial charge in [0.2, 0.25) is 0 Å². The largest absolute Gasteiger partial charge is 0.497 e. The molecule has 1 saturated heterocycles. The number of benzene rings is 1. The van der Waals surface area contributed by atoms with Crippen molar-refractivity contribution in [3.8, 4) is 5.75 Å². The van der Waals surface area contributed by atoms with Crippen LogP contribution in [0.1, 0.15) is 43.9 Å². The SMILES string of the molecule is COc1ccc2c(c1)C(N)C(N1CC(C)CC1C)CC2. The molecule has 1 fully saturated rings. The van der Waals surface area contributed by atoms with Crippen molar-refractivity contribution < 1.29 is 4.74 Å². The van der Waals surface area contributed by atoms with Gasteiger partial charge in [-0.2, -0.15) is 0 Å². The van der Waals surface area contributed by atoms with E-state index in [-0.39, 0.29) is 6.04 Å².